The summed E-state index contributed by atoms with van der Waals surface area (Å²) in [7, 11) is 0. The predicted molar refractivity (Wildman–Crippen MR) is 78.3 cm³/mol. The van der Waals surface area contributed by atoms with Gasteiger partial charge in [0.1, 0.15) is 0 Å². The Kier molecular flexibility index (Phi) is 4.15. The van der Waals surface area contributed by atoms with Crippen molar-refractivity contribution in [2.75, 3.05) is 11.1 Å². The maximum atomic E-state index is 12.8. The first-order valence-corrected chi connectivity index (χ1v) is 6.63. The van der Waals surface area contributed by atoms with Gasteiger partial charge in [-0.2, -0.15) is 13.2 Å². The zero-order valence-electron chi connectivity index (χ0n) is 9.93. The van der Waals surface area contributed by atoms with Gasteiger partial charge in [-0.3, -0.25) is 0 Å². The lowest BCUT2D eigenvalue weighted by atomic mass is 10.1. The molecule has 20 heavy (non-hydrogen) atoms. The maximum absolute atomic E-state index is 12.8. The fourth-order valence-corrected chi connectivity index (χ4v) is 2.41. The zero-order chi connectivity index (χ0) is 14.9. The summed E-state index contributed by atoms with van der Waals surface area (Å²) >= 11 is 9.09. The summed E-state index contributed by atoms with van der Waals surface area (Å²) in [5.74, 6) is 0. The molecular formula is C13H9BrClF3N2. The summed E-state index contributed by atoms with van der Waals surface area (Å²) < 4.78 is 38.9. The summed E-state index contributed by atoms with van der Waals surface area (Å²) in [4.78, 5) is 0. The first-order chi connectivity index (χ1) is 9.27. The molecule has 0 aliphatic heterocycles. The number of benzene rings is 2. The Bertz CT molecular complexity index is 644. The van der Waals surface area contributed by atoms with Crippen molar-refractivity contribution in [1.82, 2.24) is 0 Å². The molecule has 0 spiro atoms. The molecule has 0 fully saturated rings. The van der Waals surface area contributed by atoms with Crippen molar-refractivity contribution in [2.24, 2.45) is 0 Å². The molecule has 0 amide bonds. The average molecular weight is 366 g/mol. The summed E-state index contributed by atoms with van der Waals surface area (Å²) in [5, 5.41) is 3.40. The molecule has 0 heterocycles. The molecule has 2 aromatic carbocycles. The first-order valence-electron chi connectivity index (χ1n) is 5.46. The molecule has 0 radical (unpaired) electrons. The van der Waals surface area contributed by atoms with Crippen LogP contribution >= 0.6 is 27.5 Å². The number of nitrogens with two attached hydrogens (primary N) is 1. The topological polar surface area (TPSA) is 38.0 Å². The van der Waals surface area contributed by atoms with E-state index in [2.05, 4.69) is 21.2 Å². The van der Waals surface area contributed by atoms with E-state index in [1.807, 2.05) is 0 Å². The highest BCUT2D eigenvalue weighted by Crippen LogP contribution is 2.36. The van der Waals surface area contributed by atoms with Crippen LogP contribution in [0.1, 0.15) is 5.56 Å². The van der Waals surface area contributed by atoms with Gasteiger partial charge in [-0.1, -0.05) is 11.6 Å². The molecule has 0 atom stereocenters. The molecule has 3 N–H and O–H groups in total. The molecular weight excluding hydrogens is 357 g/mol. The molecule has 7 heteroatoms. The van der Waals surface area contributed by atoms with Gasteiger partial charge in [0.25, 0.3) is 0 Å². The van der Waals surface area contributed by atoms with Crippen LogP contribution in [-0.4, -0.2) is 0 Å². The van der Waals surface area contributed by atoms with Crippen LogP contribution in [0.25, 0.3) is 0 Å². The van der Waals surface area contributed by atoms with Crippen molar-refractivity contribution in [3.05, 3.63) is 51.5 Å². The van der Waals surface area contributed by atoms with E-state index < -0.39 is 11.7 Å². The standard InChI is InChI=1S/C13H9BrClF3N2/c14-10-5-7(15)1-4-12(10)20-8-2-3-11(19)9(6-8)13(16,17)18/h1-6,20H,19H2. The van der Waals surface area contributed by atoms with Gasteiger partial charge in [-0.25, -0.2) is 0 Å². The second-order valence-corrected chi connectivity index (χ2v) is 5.34. The number of anilines is 3. The SMILES string of the molecule is Nc1ccc(Nc2ccc(Cl)cc2Br)cc1C(F)(F)F. The molecule has 0 aromatic heterocycles. The summed E-state index contributed by atoms with van der Waals surface area (Å²) in [6, 6.07) is 8.61. The Morgan fingerprint density at radius 1 is 1.10 bits per heavy atom. The van der Waals surface area contributed by atoms with Crippen molar-refractivity contribution >= 4 is 44.6 Å². The van der Waals surface area contributed by atoms with Crippen LogP contribution in [0.2, 0.25) is 5.02 Å². The van der Waals surface area contributed by atoms with Gasteiger partial charge < -0.3 is 11.1 Å². The Morgan fingerprint density at radius 2 is 1.80 bits per heavy atom. The summed E-state index contributed by atoms with van der Waals surface area (Å²) in [6.07, 6.45) is -4.49. The number of nitrogens with one attached hydrogen (secondary N) is 1. The third kappa shape index (κ3) is 3.37. The van der Waals surface area contributed by atoms with E-state index in [1.165, 1.54) is 12.1 Å². The quantitative estimate of drug-likeness (QED) is 0.695. The highest BCUT2D eigenvalue weighted by atomic mass is 79.9. The number of hydrogen-bond donors (Lipinski definition) is 2. The van der Waals surface area contributed by atoms with Gasteiger partial charge in [0.05, 0.1) is 11.3 Å². The molecule has 0 aliphatic carbocycles. The largest absolute Gasteiger partial charge is 0.418 e. The number of rotatable bonds is 2. The van der Waals surface area contributed by atoms with Crippen molar-refractivity contribution in [3.8, 4) is 0 Å². The molecule has 2 rings (SSSR count). The Balaban J connectivity index is 2.35. The summed E-state index contributed by atoms with van der Waals surface area (Å²) in [5.41, 5.74) is 5.06. The Morgan fingerprint density at radius 3 is 2.40 bits per heavy atom. The molecule has 0 bridgehead atoms. The van der Waals surface area contributed by atoms with E-state index in [1.54, 1.807) is 18.2 Å². The van der Waals surface area contributed by atoms with E-state index in [4.69, 9.17) is 17.3 Å². The van der Waals surface area contributed by atoms with Gasteiger partial charge in [0.15, 0.2) is 0 Å². The number of nitrogen functional groups attached to an aromatic ring is 1. The van der Waals surface area contributed by atoms with Crippen LogP contribution < -0.4 is 11.1 Å². The highest BCUT2D eigenvalue weighted by molar-refractivity contribution is 9.10. The third-order valence-electron chi connectivity index (χ3n) is 2.57. The van der Waals surface area contributed by atoms with E-state index in [0.717, 1.165) is 6.07 Å². The Labute approximate surface area is 126 Å². The van der Waals surface area contributed by atoms with E-state index in [0.29, 0.717) is 15.2 Å². The third-order valence-corrected chi connectivity index (χ3v) is 3.46. The number of halogens is 5. The minimum atomic E-state index is -4.49. The summed E-state index contributed by atoms with van der Waals surface area (Å²) in [6.45, 7) is 0. The van der Waals surface area contributed by atoms with Gasteiger partial charge in [0.2, 0.25) is 0 Å². The van der Waals surface area contributed by atoms with Crippen LogP contribution in [0.15, 0.2) is 40.9 Å². The van der Waals surface area contributed by atoms with E-state index in [-0.39, 0.29) is 11.4 Å². The molecule has 2 aromatic rings. The molecule has 0 aliphatic rings. The highest BCUT2D eigenvalue weighted by Gasteiger charge is 2.33. The van der Waals surface area contributed by atoms with Crippen LogP contribution in [0.3, 0.4) is 0 Å². The smallest absolute Gasteiger partial charge is 0.398 e. The van der Waals surface area contributed by atoms with Crippen molar-refractivity contribution in [3.63, 3.8) is 0 Å². The second-order valence-electron chi connectivity index (χ2n) is 4.05. The lowest BCUT2D eigenvalue weighted by Gasteiger charge is -2.14. The zero-order valence-corrected chi connectivity index (χ0v) is 12.3. The van der Waals surface area contributed by atoms with Crippen molar-refractivity contribution < 1.29 is 13.2 Å². The van der Waals surface area contributed by atoms with Crippen LogP contribution in [-0.2, 0) is 6.18 Å². The van der Waals surface area contributed by atoms with Gasteiger partial charge in [-0.05, 0) is 52.3 Å². The predicted octanol–water partition coefficient (Wildman–Crippen LogP) is 5.45. The minimum Gasteiger partial charge on any atom is -0.398 e. The maximum Gasteiger partial charge on any atom is 0.418 e. The fraction of sp³-hybridized carbons (Fsp3) is 0.0769. The monoisotopic (exact) mass is 364 g/mol. The number of alkyl halides is 3. The molecule has 0 saturated carbocycles. The van der Waals surface area contributed by atoms with Gasteiger partial charge >= 0.3 is 6.18 Å². The van der Waals surface area contributed by atoms with Crippen molar-refractivity contribution in [2.45, 2.75) is 6.18 Å². The van der Waals surface area contributed by atoms with E-state index >= 15 is 0 Å². The molecule has 106 valence electrons. The van der Waals surface area contributed by atoms with Gasteiger partial charge in [-0.15, -0.1) is 0 Å². The van der Waals surface area contributed by atoms with Crippen LogP contribution in [0, 0.1) is 0 Å². The lowest BCUT2D eigenvalue weighted by Crippen LogP contribution is -2.09. The molecule has 2 nitrogen and oxygen atoms in total. The number of hydrogen-bond acceptors (Lipinski definition) is 2. The fourth-order valence-electron chi connectivity index (χ4n) is 1.63. The normalized spacial score (nSPS) is 11.4. The van der Waals surface area contributed by atoms with Crippen LogP contribution in [0.5, 0.6) is 0 Å². The Hall–Kier alpha value is -1.40. The van der Waals surface area contributed by atoms with Crippen LogP contribution in [0.4, 0.5) is 30.2 Å². The second kappa shape index (κ2) is 5.54. The van der Waals surface area contributed by atoms with E-state index in [9.17, 15) is 13.2 Å². The minimum absolute atomic E-state index is 0.287. The lowest BCUT2D eigenvalue weighted by molar-refractivity contribution is -0.136. The average Bonchev–Trinajstić information content (AvgIpc) is 2.33. The molecule has 0 saturated heterocycles. The van der Waals surface area contributed by atoms with Gasteiger partial charge in [0, 0.05) is 20.9 Å². The first kappa shape index (κ1) is 15.0. The molecule has 0 unspecified atom stereocenters. The van der Waals surface area contributed by atoms with Crippen molar-refractivity contribution in [1.29, 1.82) is 0 Å².